The van der Waals surface area contributed by atoms with Crippen molar-refractivity contribution in [2.24, 2.45) is 17.6 Å². The molecule has 1 amide bonds. The molecule has 1 aliphatic carbocycles. The monoisotopic (exact) mass is 527 g/mol. The molecule has 0 bridgehead atoms. The first kappa shape index (κ1) is 27.1. The Balaban J connectivity index is 1.26. The second-order valence-electron chi connectivity index (χ2n) is 9.99. The van der Waals surface area contributed by atoms with Crippen LogP contribution in [-0.2, 0) is 27.8 Å². The van der Waals surface area contributed by atoms with Gasteiger partial charge in [0.25, 0.3) is 0 Å². The third-order valence-electron chi connectivity index (χ3n) is 7.10. The lowest BCUT2D eigenvalue weighted by Crippen LogP contribution is -2.33. The molecule has 7 nitrogen and oxygen atoms in total. The summed E-state index contributed by atoms with van der Waals surface area (Å²) in [6.07, 6.45) is 6.55. The van der Waals surface area contributed by atoms with Gasteiger partial charge < -0.3 is 16.0 Å². The number of anilines is 1. The first-order chi connectivity index (χ1) is 17.8. The molecule has 200 valence electrons. The van der Waals surface area contributed by atoms with Crippen LogP contribution in [0.25, 0.3) is 10.9 Å². The number of rotatable bonds is 12. The summed E-state index contributed by atoms with van der Waals surface area (Å²) in [7, 11) is -3.40. The Morgan fingerprint density at radius 2 is 1.86 bits per heavy atom. The molecule has 3 aromatic rings. The molecular weight excluding hydrogens is 491 g/mol. The molecule has 1 aliphatic rings. The molecule has 37 heavy (non-hydrogen) atoms. The minimum absolute atomic E-state index is 0.00626. The number of nitrogens with one attached hydrogen (secondary N) is 3. The lowest BCUT2D eigenvalue weighted by molar-refractivity contribution is -0.126. The topological polar surface area (TPSA) is 117 Å². The summed E-state index contributed by atoms with van der Waals surface area (Å²) in [4.78, 5) is 16.0. The van der Waals surface area contributed by atoms with E-state index >= 15 is 0 Å². The molecule has 5 N–H and O–H groups in total. The zero-order chi connectivity index (χ0) is 26.3. The van der Waals surface area contributed by atoms with Crippen LogP contribution in [0.3, 0.4) is 0 Å². The summed E-state index contributed by atoms with van der Waals surface area (Å²) in [6, 6.07) is 15.3. The highest BCUT2D eigenvalue weighted by molar-refractivity contribution is 7.92. The number of aromatic amines is 1. The average Bonchev–Trinajstić information content (AvgIpc) is 3.27. The van der Waals surface area contributed by atoms with Crippen molar-refractivity contribution in [3.63, 3.8) is 0 Å². The van der Waals surface area contributed by atoms with E-state index in [2.05, 4.69) is 21.1 Å². The standard InChI is InChI=1S/C28H36FN4O3S/c29-26-7-3-2-6-23(26)19-31-28(34)21-10-8-20(9-11-21)16-25-17-22-12-13-24(18-27(22)32-25)33-37(35,36)15-5-1-4-14-30/h2-3,6-7,12-13,18,20-21,32-33H,1,4-5,8-11,14-16,19,30H2,(H,31,34)/q-1. The largest absolute Gasteiger partial charge is 0.421 e. The van der Waals surface area contributed by atoms with Crippen molar-refractivity contribution in [1.29, 1.82) is 0 Å². The molecule has 1 fully saturated rings. The fourth-order valence-corrected chi connectivity index (χ4v) is 6.18. The molecule has 0 radical (unpaired) electrons. The first-order valence-electron chi connectivity index (χ1n) is 13.1. The lowest BCUT2D eigenvalue weighted by atomic mass is 9.79. The van der Waals surface area contributed by atoms with Crippen molar-refractivity contribution in [2.75, 3.05) is 17.0 Å². The molecule has 1 heterocycles. The van der Waals surface area contributed by atoms with Crippen LogP contribution in [0.5, 0.6) is 0 Å². The zero-order valence-corrected chi connectivity index (χ0v) is 21.9. The van der Waals surface area contributed by atoms with Crippen LogP contribution in [0.4, 0.5) is 10.1 Å². The Morgan fingerprint density at radius 1 is 1.08 bits per heavy atom. The van der Waals surface area contributed by atoms with E-state index < -0.39 is 10.0 Å². The normalized spacial score (nSPS) is 18.1. The van der Waals surface area contributed by atoms with Gasteiger partial charge in [0.05, 0.1) is 5.75 Å². The Hall–Kier alpha value is -2.91. The van der Waals surface area contributed by atoms with Gasteiger partial charge >= 0.3 is 0 Å². The number of hydrogen-bond acceptors (Lipinski definition) is 4. The van der Waals surface area contributed by atoms with E-state index in [4.69, 9.17) is 5.73 Å². The highest BCUT2D eigenvalue weighted by Gasteiger charge is 2.26. The molecule has 0 spiro atoms. The fraction of sp³-hybridized carbons (Fsp3) is 0.464. The molecule has 4 rings (SSSR count). The highest BCUT2D eigenvalue weighted by atomic mass is 32.2. The molecule has 1 aromatic heterocycles. The van der Waals surface area contributed by atoms with Gasteiger partial charge in [-0.15, -0.1) is 0 Å². The van der Waals surface area contributed by atoms with Gasteiger partial charge in [0, 0.05) is 23.7 Å². The molecule has 0 saturated heterocycles. The van der Waals surface area contributed by atoms with Gasteiger partial charge in [0.1, 0.15) is 5.82 Å². The van der Waals surface area contributed by atoms with Crippen molar-refractivity contribution in [3.05, 3.63) is 65.6 Å². The summed E-state index contributed by atoms with van der Waals surface area (Å²) >= 11 is 0. The van der Waals surface area contributed by atoms with Gasteiger partial charge in [-0.25, -0.2) is 12.8 Å². The van der Waals surface area contributed by atoms with Gasteiger partial charge in [-0.2, -0.15) is 17.5 Å². The number of sulfonamides is 1. The molecule has 9 heteroatoms. The maximum Gasteiger partial charge on any atom is 0.232 e. The average molecular weight is 528 g/mol. The predicted molar refractivity (Wildman–Crippen MR) is 145 cm³/mol. The third-order valence-corrected chi connectivity index (χ3v) is 8.48. The van der Waals surface area contributed by atoms with Crippen LogP contribution < -0.4 is 15.8 Å². The Morgan fingerprint density at radius 3 is 2.62 bits per heavy atom. The molecule has 0 unspecified atom stereocenters. The number of unbranched alkanes of at least 4 members (excludes halogenated alkanes) is 2. The van der Waals surface area contributed by atoms with Crippen molar-refractivity contribution in [1.82, 2.24) is 10.3 Å². The number of fused-ring (bicyclic) bond motifs is 1. The summed E-state index contributed by atoms with van der Waals surface area (Å²) in [5, 5.41) is 3.80. The number of aromatic nitrogens is 1. The predicted octanol–water partition coefficient (Wildman–Crippen LogP) is 4.64. The molecule has 0 aliphatic heterocycles. The number of benzene rings is 2. The number of halogens is 1. The highest BCUT2D eigenvalue weighted by Crippen LogP contribution is 2.32. The second kappa shape index (κ2) is 12.6. The van der Waals surface area contributed by atoms with E-state index in [0.29, 0.717) is 30.1 Å². The van der Waals surface area contributed by atoms with Crippen LogP contribution >= 0.6 is 0 Å². The van der Waals surface area contributed by atoms with Crippen LogP contribution in [0.15, 0.2) is 42.5 Å². The SMILES string of the molecule is NCCCCCS(=O)(=O)Nc1ccc2[c-]c(CC3CCC(C(=O)NCc4ccccc4F)CC3)[nH]c2c1. The summed E-state index contributed by atoms with van der Waals surface area (Å²) in [6.45, 7) is 0.783. The van der Waals surface area contributed by atoms with Crippen molar-refractivity contribution in [2.45, 2.75) is 57.9 Å². The van der Waals surface area contributed by atoms with E-state index in [9.17, 15) is 17.6 Å². The fourth-order valence-electron chi connectivity index (χ4n) is 5.01. The molecule has 2 aromatic carbocycles. The second-order valence-corrected chi connectivity index (χ2v) is 11.8. The van der Waals surface area contributed by atoms with Gasteiger partial charge in [-0.05, 0) is 63.5 Å². The van der Waals surface area contributed by atoms with E-state index in [0.717, 1.165) is 61.5 Å². The smallest absolute Gasteiger partial charge is 0.232 e. The summed E-state index contributed by atoms with van der Waals surface area (Å²) in [5.74, 6) is 0.181. The number of hydrogen-bond donors (Lipinski definition) is 4. The Kier molecular flexibility index (Phi) is 9.21. The quantitative estimate of drug-likeness (QED) is 0.203. The minimum atomic E-state index is -3.40. The van der Waals surface area contributed by atoms with Gasteiger partial charge in [0.2, 0.25) is 15.9 Å². The maximum absolute atomic E-state index is 13.8. The molecule has 1 saturated carbocycles. The van der Waals surface area contributed by atoms with Crippen LogP contribution in [0.2, 0.25) is 0 Å². The number of H-pyrrole nitrogens is 1. The van der Waals surface area contributed by atoms with E-state index in [1.807, 2.05) is 12.1 Å². The van der Waals surface area contributed by atoms with Gasteiger partial charge in [-0.3, -0.25) is 9.52 Å². The number of carbonyl (C=O) groups is 1. The van der Waals surface area contributed by atoms with E-state index in [-0.39, 0.29) is 29.9 Å². The van der Waals surface area contributed by atoms with Gasteiger partial charge in [-0.1, -0.05) is 48.0 Å². The van der Waals surface area contributed by atoms with E-state index in [1.54, 1.807) is 24.3 Å². The van der Waals surface area contributed by atoms with Gasteiger partial charge in [0.15, 0.2) is 0 Å². The third kappa shape index (κ3) is 7.79. The van der Waals surface area contributed by atoms with Crippen LogP contribution in [0.1, 0.15) is 56.2 Å². The first-order valence-corrected chi connectivity index (χ1v) is 14.7. The van der Waals surface area contributed by atoms with Crippen LogP contribution in [0, 0.1) is 23.7 Å². The summed E-state index contributed by atoms with van der Waals surface area (Å²) in [5.41, 5.74) is 8.34. The number of nitrogens with two attached hydrogens (primary N) is 1. The Labute approximate surface area is 218 Å². The van der Waals surface area contributed by atoms with Crippen molar-refractivity contribution in [3.8, 4) is 0 Å². The maximum atomic E-state index is 13.8. The van der Waals surface area contributed by atoms with Crippen molar-refractivity contribution >= 4 is 32.5 Å². The Bertz CT molecular complexity index is 1300. The number of carbonyl (C=O) groups excluding carboxylic acids is 1. The summed E-state index contributed by atoms with van der Waals surface area (Å²) < 4.78 is 41.2. The zero-order valence-electron chi connectivity index (χ0n) is 21.1. The lowest BCUT2D eigenvalue weighted by Gasteiger charge is -2.28. The van der Waals surface area contributed by atoms with Crippen LogP contribution in [-0.4, -0.2) is 31.6 Å². The number of amides is 1. The van der Waals surface area contributed by atoms with E-state index in [1.165, 1.54) is 6.07 Å². The minimum Gasteiger partial charge on any atom is -0.421 e. The van der Waals surface area contributed by atoms with Crippen molar-refractivity contribution < 1.29 is 17.6 Å². The molecule has 0 atom stereocenters. The molecular formula is C28H36FN4O3S-.